The van der Waals surface area contributed by atoms with E-state index >= 15 is 0 Å². The number of allylic oxidation sites excluding steroid dienone is 1. The van der Waals surface area contributed by atoms with Gasteiger partial charge in [-0.2, -0.15) is 0 Å². The molecule has 0 aliphatic carbocycles. The van der Waals surface area contributed by atoms with Crippen molar-refractivity contribution in [2.75, 3.05) is 7.11 Å². The summed E-state index contributed by atoms with van der Waals surface area (Å²) in [5.74, 6) is 0.722. The third-order valence-corrected chi connectivity index (χ3v) is 4.44. The number of ether oxygens (including phenoxy) is 1. The summed E-state index contributed by atoms with van der Waals surface area (Å²) in [6.45, 7) is 0. The van der Waals surface area contributed by atoms with Gasteiger partial charge in [0.2, 0.25) is 0 Å². The fourth-order valence-corrected chi connectivity index (χ4v) is 2.69. The first-order valence-corrected chi connectivity index (χ1v) is 8.08. The van der Waals surface area contributed by atoms with Crippen LogP contribution in [0.3, 0.4) is 0 Å². The van der Waals surface area contributed by atoms with Crippen LogP contribution in [0.4, 0.5) is 0 Å². The number of methoxy groups -OCH3 is 1. The summed E-state index contributed by atoms with van der Waals surface area (Å²) in [6, 6.07) is 16.6. The highest BCUT2D eigenvalue weighted by Gasteiger charge is 2.05. The number of fused-ring (bicyclic) bond motifs is 1. The van der Waals surface area contributed by atoms with Crippen molar-refractivity contribution in [1.82, 2.24) is 0 Å². The largest absolute Gasteiger partial charge is 0.497 e. The van der Waals surface area contributed by atoms with Gasteiger partial charge in [0.05, 0.1) is 17.2 Å². The molecule has 3 aromatic carbocycles. The average molecular weight is 357 g/mol. The fourth-order valence-electron chi connectivity index (χ4n) is 2.39. The standard InChI is InChI=1S/C20H14Cl2O2/c1-24-17-7-6-14-11-16(5-4-15(14)12-17)20(23)9-3-13-2-8-18(21)19(22)10-13/h2-12H,1H3/b9-3+. The van der Waals surface area contributed by atoms with Gasteiger partial charge in [-0.15, -0.1) is 0 Å². The average Bonchev–Trinajstić information content (AvgIpc) is 2.61. The minimum Gasteiger partial charge on any atom is -0.497 e. The molecule has 0 aliphatic heterocycles. The maximum absolute atomic E-state index is 12.4. The zero-order valence-electron chi connectivity index (χ0n) is 12.9. The third kappa shape index (κ3) is 3.61. The third-order valence-electron chi connectivity index (χ3n) is 3.70. The molecule has 2 nitrogen and oxygen atoms in total. The Morgan fingerprint density at radius 2 is 1.67 bits per heavy atom. The number of halogens is 2. The number of hydrogen-bond acceptors (Lipinski definition) is 2. The molecule has 24 heavy (non-hydrogen) atoms. The topological polar surface area (TPSA) is 26.3 Å². The Bertz CT molecular complexity index is 946. The van der Waals surface area contributed by atoms with E-state index in [2.05, 4.69) is 0 Å². The van der Waals surface area contributed by atoms with Crippen molar-refractivity contribution in [2.24, 2.45) is 0 Å². The van der Waals surface area contributed by atoms with Crippen molar-refractivity contribution in [3.8, 4) is 5.75 Å². The normalized spacial score (nSPS) is 11.1. The van der Waals surface area contributed by atoms with Gasteiger partial charge in [-0.05, 0) is 52.7 Å². The Hall–Kier alpha value is -2.29. The summed E-state index contributed by atoms with van der Waals surface area (Å²) in [7, 11) is 1.63. The van der Waals surface area contributed by atoms with Gasteiger partial charge in [-0.1, -0.05) is 53.5 Å². The van der Waals surface area contributed by atoms with Crippen molar-refractivity contribution in [3.05, 3.63) is 81.8 Å². The van der Waals surface area contributed by atoms with Crippen LogP contribution in [0.15, 0.2) is 60.7 Å². The highest BCUT2D eigenvalue weighted by Crippen LogP contribution is 2.24. The molecule has 0 fully saturated rings. The molecule has 0 amide bonds. The fraction of sp³-hybridized carbons (Fsp3) is 0.0500. The Morgan fingerprint density at radius 3 is 2.42 bits per heavy atom. The minimum atomic E-state index is -0.0706. The first kappa shape index (κ1) is 16.6. The molecule has 0 radical (unpaired) electrons. The molecule has 0 N–H and O–H groups in total. The van der Waals surface area contributed by atoms with Gasteiger partial charge >= 0.3 is 0 Å². The molecule has 0 aliphatic rings. The molecule has 0 aromatic heterocycles. The molecule has 0 heterocycles. The lowest BCUT2D eigenvalue weighted by Crippen LogP contribution is -1.94. The summed E-state index contributed by atoms with van der Waals surface area (Å²) in [5.41, 5.74) is 1.45. The summed E-state index contributed by atoms with van der Waals surface area (Å²) in [4.78, 5) is 12.4. The smallest absolute Gasteiger partial charge is 0.185 e. The van der Waals surface area contributed by atoms with E-state index in [4.69, 9.17) is 27.9 Å². The molecular weight excluding hydrogens is 343 g/mol. The van der Waals surface area contributed by atoms with Gasteiger partial charge in [0, 0.05) is 5.56 Å². The van der Waals surface area contributed by atoms with Crippen molar-refractivity contribution in [3.63, 3.8) is 0 Å². The molecular formula is C20H14Cl2O2. The molecule has 0 saturated heterocycles. The summed E-state index contributed by atoms with van der Waals surface area (Å²) in [5, 5.41) is 2.97. The molecule has 0 saturated carbocycles. The van der Waals surface area contributed by atoms with Crippen LogP contribution >= 0.6 is 23.2 Å². The van der Waals surface area contributed by atoms with E-state index in [1.54, 1.807) is 25.3 Å². The van der Waals surface area contributed by atoms with Crippen LogP contribution in [0.25, 0.3) is 16.8 Å². The van der Waals surface area contributed by atoms with Crippen LogP contribution in [0.2, 0.25) is 10.0 Å². The highest BCUT2D eigenvalue weighted by atomic mass is 35.5. The van der Waals surface area contributed by atoms with Crippen LogP contribution < -0.4 is 4.74 Å². The highest BCUT2D eigenvalue weighted by molar-refractivity contribution is 6.42. The second-order valence-corrected chi connectivity index (χ2v) is 6.11. The number of rotatable bonds is 4. The van der Waals surface area contributed by atoms with Crippen LogP contribution in [-0.4, -0.2) is 12.9 Å². The van der Waals surface area contributed by atoms with Crippen molar-refractivity contribution < 1.29 is 9.53 Å². The van der Waals surface area contributed by atoms with Gasteiger partial charge in [0.15, 0.2) is 5.78 Å². The monoisotopic (exact) mass is 356 g/mol. The lowest BCUT2D eigenvalue weighted by molar-refractivity contribution is 0.104. The van der Waals surface area contributed by atoms with E-state index in [-0.39, 0.29) is 5.78 Å². The van der Waals surface area contributed by atoms with E-state index in [1.165, 1.54) is 6.08 Å². The van der Waals surface area contributed by atoms with Crippen molar-refractivity contribution in [2.45, 2.75) is 0 Å². The zero-order valence-corrected chi connectivity index (χ0v) is 14.4. The molecule has 3 rings (SSSR count). The number of benzene rings is 3. The lowest BCUT2D eigenvalue weighted by atomic mass is 10.0. The van der Waals surface area contributed by atoms with Gasteiger partial charge < -0.3 is 4.74 Å². The maximum Gasteiger partial charge on any atom is 0.185 e. The second-order valence-electron chi connectivity index (χ2n) is 5.30. The maximum atomic E-state index is 12.4. The van der Waals surface area contributed by atoms with Gasteiger partial charge in [-0.25, -0.2) is 0 Å². The van der Waals surface area contributed by atoms with Crippen LogP contribution in [0, 0.1) is 0 Å². The molecule has 0 atom stereocenters. The van der Waals surface area contributed by atoms with Crippen molar-refractivity contribution in [1.29, 1.82) is 0 Å². The first-order valence-electron chi connectivity index (χ1n) is 7.32. The molecule has 0 unspecified atom stereocenters. The molecule has 3 aromatic rings. The van der Waals surface area contributed by atoms with Crippen LogP contribution in [0.1, 0.15) is 15.9 Å². The Labute approximate surface area is 150 Å². The molecule has 0 spiro atoms. The number of ketones is 1. The first-order chi connectivity index (χ1) is 11.6. The van der Waals surface area contributed by atoms with Gasteiger partial charge in [0.25, 0.3) is 0 Å². The Balaban J connectivity index is 1.85. The molecule has 120 valence electrons. The summed E-state index contributed by atoms with van der Waals surface area (Å²) >= 11 is 11.9. The van der Waals surface area contributed by atoms with Crippen LogP contribution in [0.5, 0.6) is 5.75 Å². The molecule has 4 heteroatoms. The van der Waals surface area contributed by atoms with E-state index in [0.717, 1.165) is 22.1 Å². The number of carbonyl (C=O) groups excluding carboxylic acids is 1. The quantitative estimate of drug-likeness (QED) is 0.420. The minimum absolute atomic E-state index is 0.0706. The van der Waals surface area contributed by atoms with Gasteiger partial charge in [-0.3, -0.25) is 4.79 Å². The second kappa shape index (κ2) is 7.08. The van der Waals surface area contributed by atoms with E-state index in [1.807, 2.05) is 42.5 Å². The van der Waals surface area contributed by atoms with E-state index < -0.39 is 0 Å². The predicted octanol–water partition coefficient (Wildman–Crippen LogP) is 6.05. The Morgan fingerprint density at radius 1 is 0.917 bits per heavy atom. The van der Waals surface area contributed by atoms with Crippen molar-refractivity contribution >= 4 is 45.8 Å². The summed E-state index contributed by atoms with van der Waals surface area (Å²) < 4.78 is 5.21. The van der Waals surface area contributed by atoms with E-state index in [9.17, 15) is 4.79 Å². The van der Waals surface area contributed by atoms with Gasteiger partial charge in [0.1, 0.15) is 5.75 Å². The number of carbonyl (C=O) groups is 1. The van der Waals surface area contributed by atoms with E-state index in [0.29, 0.717) is 15.6 Å². The van der Waals surface area contributed by atoms with Crippen LogP contribution in [-0.2, 0) is 0 Å². The lowest BCUT2D eigenvalue weighted by Gasteiger charge is -2.04. The Kier molecular flexibility index (Phi) is 4.89. The predicted molar refractivity (Wildman–Crippen MR) is 100 cm³/mol. The number of hydrogen-bond donors (Lipinski definition) is 0. The SMILES string of the molecule is COc1ccc2cc(C(=O)/C=C/c3ccc(Cl)c(Cl)c3)ccc2c1. The summed E-state index contributed by atoms with van der Waals surface area (Å²) in [6.07, 6.45) is 3.26. The zero-order chi connectivity index (χ0) is 17.1. The molecule has 0 bridgehead atoms.